The Bertz CT molecular complexity index is 906. The summed E-state index contributed by atoms with van der Waals surface area (Å²) in [6.45, 7) is 3.99. The second kappa shape index (κ2) is 9.23. The molecule has 1 saturated heterocycles. The quantitative estimate of drug-likeness (QED) is 0.553. The first-order chi connectivity index (χ1) is 14.5. The maximum atomic E-state index is 12.7. The molecule has 2 aromatic rings. The monoisotopic (exact) mass is 432 g/mol. The van der Waals surface area contributed by atoms with E-state index in [1.54, 1.807) is 17.8 Å². The first kappa shape index (κ1) is 21.0. The highest BCUT2D eigenvalue weighted by Crippen LogP contribution is 2.33. The number of alkyl carbamates (subject to hydrolysis) is 1. The van der Waals surface area contributed by atoms with Crippen LogP contribution in [0.4, 0.5) is 4.79 Å². The molecule has 5 atom stereocenters. The van der Waals surface area contributed by atoms with Gasteiger partial charge in [0.1, 0.15) is 6.10 Å². The van der Waals surface area contributed by atoms with Gasteiger partial charge < -0.3 is 15.4 Å². The average molecular weight is 433 g/mol. The smallest absolute Gasteiger partial charge is 0.407 e. The standard InChI is InChI=1S/C20H28N6O3S/c1-3-11(2)23-20(28)29-13-5-4-12(8-13)15-9-16(26-25-15)24-19(27)14-6-7-21-18-17(14)30-10-22-18/h6-7,10-13,15-16,25-26H,3-5,8-9H2,1-2H3,(H,23,28)(H,24,27)/t11-,12-,13+,15?,16?/m0/s1. The molecule has 1 aliphatic heterocycles. The number of hydrogen-bond acceptors (Lipinski definition) is 8. The number of hydrogen-bond donors (Lipinski definition) is 4. The van der Waals surface area contributed by atoms with Crippen LogP contribution >= 0.6 is 11.3 Å². The molecule has 2 amide bonds. The molecule has 0 bridgehead atoms. The zero-order chi connectivity index (χ0) is 21.1. The topological polar surface area (TPSA) is 117 Å². The molecule has 2 aliphatic rings. The van der Waals surface area contributed by atoms with Crippen LogP contribution in [-0.4, -0.2) is 46.3 Å². The van der Waals surface area contributed by atoms with Crippen molar-refractivity contribution < 1.29 is 14.3 Å². The van der Waals surface area contributed by atoms with Gasteiger partial charge in [0.2, 0.25) is 0 Å². The number of carbonyl (C=O) groups is 2. The van der Waals surface area contributed by atoms with E-state index in [4.69, 9.17) is 4.74 Å². The van der Waals surface area contributed by atoms with E-state index in [0.29, 0.717) is 17.1 Å². The van der Waals surface area contributed by atoms with Crippen molar-refractivity contribution in [2.24, 2.45) is 5.92 Å². The molecular formula is C20H28N6O3S. The van der Waals surface area contributed by atoms with Crippen molar-refractivity contribution in [2.45, 2.75) is 70.3 Å². The van der Waals surface area contributed by atoms with Crippen molar-refractivity contribution in [1.29, 1.82) is 0 Å². The summed E-state index contributed by atoms with van der Waals surface area (Å²) in [4.78, 5) is 33.0. The molecule has 30 heavy (non-hydrogen) atoms. The minimum atomic E-state index is -0.329. The molecule has 1 saturated carbocycles. The van der Waals surface area contributed by atoms with E-state index < -0.39 is 0 Å². The predicted octanol–water partition coefficient (Wildman–Crippen LogP) is 2.31. The molecule has 2 unspecified atom stereocenters. The van der Waals surface area contributed by atoms with Crippen LogP contribution in [-0.2, 0) is 4.74 Å². The van der Waals surface area contributed by atoms with Gasteiger partial charge in [-0.15, -0.1) is 11.3 Å². The number of nitrogens with zero attached hydrogens (tertiary/aromatic N) is 2. The number of ether oxygens (including phenoxy) is 1. The summed E-state index contributed by atoms with van der Waals surface area (Å²) in [7, 11) is 0. The van der Waals surface area contributed by atoms with Gasteiger partial charge in [-0.05, 0) is 51.0 Å². The minimum absolute atomic E-state index is 0.0501. The van der Waals surface area contributed by atoms with Crippen LogP contribution in [0.5, 0.6) is 0 Å². The van der Waals surface area contributed by atoms with Gasteiger partial charge >= 0.3 is 6.09 Å². The maximum absolute atomic E-state index is 12.7. The molecule has 0 spiro atoms. The van der Waals surface area contributed by atoms with Gasteiger partial charge in [0.25, 0.3) is 5.91 Å². The highest BCUT2D eigenvalue weighted by atomic mass is 32.1. The van der Waals surface area contributed by atoms with Gasteiger partial charge in [0.05, 0.1) is 21.9 Å². The lowest BCUT2D eigenvalue weighted by Crippen LogP contribution is -2.44. The fourth-order valence-electron chi connectivity index (χ4n) is 4.11. The van der Waals surface area contributed by atoms with Gasteiger partial charge in [-0.2, -0.15) is 0 Å². The summed E-state index contributed by atoms with van der Waals surface area (Å²) < 4.78 is 6.37. The third-order valence-corrected chi connectivity index (χ3v) is 6.81. The van der Waals surface area contributed by atoms with Crippen molar-refractivity contribution in [3.63, 3.8) is 0 Å². The Balaban J connectivity index is 1.26. The fraction of sp³-hybridized carbons (Fsp3) is 0.600. The van der Waals surface area contributed by atoms with E-state index in [9.17, 15) is 9.59 Å². The third kappa shape index (κ3) is 4.71. The van der Waals surface area contributed by atoms with Crippen LogP contribution in [0.1, 0.15) is 56.3 Å². The third-order valence-electron chi connectivity index (χ3n) is 5.96. The number of nitrogens with one attached hydrogen (secondary N) is 4. The van der Waals surface area contributed by atoms with Crippen LogP contribution in [0.3, 0.4) is 0 Å². The molecule has 3 heterocycles. The molecule has 2 fully saturated rings. The summed E-state index contributed by atoms with van der Waals surface area (Å²) in [5.74, 6) is 0.260. The molecule has 0 radical (unpaired) electrons. The average Bonchev–Trinajstić information content (AvgIpc) is 3.47. The lowest BCUT2D eigenvalue weighted by Gasteiger charge is -2.19. The van der Waals surface area contributed by atoms with Crippen molar-refractivity contribution in [1.82, 2.24) is 31.5 Å². The lowest BCUT2D eigenvalue weighted by molar-refractivity contribution is 0.0925. The normalized spacial score (nSPS) is 27.1. The van der Waals surface area contributed by atoms with Crippen LogP contribution in [0.2, 0.25) is 0 Å². The summed E-state index contributed by atoms with van der Waals surface area (Å²) in [6.07, 6.45) is 5.42. The van der Waals surface area contributed by atoms with E-state index >= 15 is 0 Å². The summed E-state index contributed by atoms with van der Waals surface area (Å²) in [5.41, 5.74) is 9.38. The fourth-order valence-corrected chi connectivity index (χ4v) is 4.86. The van der Waals surface area contributed by atoms with Gasteiger partial charge in [0, 0.05) is 18.3 Å². The highest BCUT2D eigenvalue weighted by Gasteiger charge is 2.37. The minimum Gasteiger partial charge on any atom is -0.446 e. The zero-order valence-corrected chi connectivity index (χ0v) is 18.0. The number of thiazole rings is 1. The summed E-state index contributed by atoms with van der Waals surface area (Å²) in [6, 6.07) is 2.06. The Morgan fingerprint density at radius 3 is 3.00 bits per heavy atom. The van der Waals surface area contributed by atoms with Gasteiger partial charge in [-0.25, -0.2) is 20.2 Å². The number of rotatable bonds is 6. The van der Waals surface area contributed by atoms with E-state index in [1.165, 1.54) is 11.3 Å². The van der Waals surface area contributed by atoms with Crippen LogP contribution in [0.15, 0.2) is 17.8 Å². The van der Waals surface area contributed by atoms with E-state index in [1.807, 2.05) is 13.8 Å². The molecule has 4 N–H and O–H groups in total. The second-order valence-electron chi connectivity index (χ2n) is 8.07. The number of amides is 2. The van der Waals surface area contributed by atoms with E-state index in [-0.39, 0.29) is 36.4 Å². The first-order valence-corrected chi connectivity index (χ1v) is 11.4. The summed E-state index contributed by atoms with van der Waals surface area (Å²) >= 11 is 1.41. The first-order valence-electron chi connectivity index (χ1n) is 10.5. The Hall–Kier alpha value is -2.30. The molecule has 9 nitrogen and oxygen atoms in total. The number of pyridine rings is 1. The zero-order valence-electron chi connectivity index (χ0n) is 17.2. The Labute approximate surface area is 179 Å². The van der Waals surface area contributed by atoms with Crippen molar-refractivity contribution in [3.05, 3.63) is 23.3 Å². The Morgan fingerprint density at radius 1 is 1.30 bits per heavy atom. The van der Waals surface area contributed by atoms with Crippen LogP contribution in [0.25, 0.3) is 10.3 Å². The van der Waals surface area contributed by atoms with Crippen molar-refractivity contribution in [2.75, 3.05) is 0 Å². The highest BCUT2D eigenvalue weighted by molar-refractivity contribution is 7.17. The number of aromatic nitrogens is 2. The molecule has 10 heteroatoms. The Morgan fingerprint density at radius 2 is 2.17 bits per heavy atom. The molecule has 4 rings (SSSR count). The largest absolute Gasteiger partial charge is 0.446 e. The van der Waals surface area contributed by atoms with Gasteiger partial charge in [-0.3, -0.25) is 10.2 Å². The van der Waals surface area contributed by atoms with Gasteiger partial charge in [-0.1, -0.05) is 6.92 Å². The van der Waals surface area contributed by atoms with Crippen LogP contribution < -0.4 is 21.5 Å². The summed E-state index contributed by atoms with van der Waals surface area (Å²) in [5, 5.41) is 5.90. The number of hydrazine groups is 1. The number of fused-ring (bicyclic) bond motifs is 1. The Kier molecular flexibility index (Phi) is 6.45. The SMILES string of the molecule is CC[C@H](C)NC(=O)O[C@@H]1CC[C@H](C2CC(NC(=O)c3ccnc4ncsc34)NN2)C1. The molecular weight excluding hydrogens is 404 g/mol. The molecule has 2 aromatic heterocycles. The lowest BCUT2D eigenvalue weighted by atomic mass is 9.96. The second-order valence-corrected chi connectivity index (χ2v) is 8.93. The van der Waals surface area contributed by atoms with E-state index in [0.717, 1.165) is 36.8 Å². The number of carbonyl (C=O) groups excluding carboxylic acids is 2. The van der Waals surface area contributed by atoms with Crippen LogP contribution in [0, 0.1) is 5.92 Å². The van der Waals surface area contributed by atoms with Crippen molar-refractivity contribution in [3.8, 4) is 0 Å². The molecule has 1 aliphatic carbocycles. The molecule has 0 aromatic carbocycles. The van der Waals surface area contributed by atoms with E-state index in [2.05, 4.69) is 31.5 Å². The molecule has 162 valence electrons. The van der Waals surface area contributed by atoms with Gasteiger partial charge in [0.15, 0.2) is 5.65 Å². The predicted molar refractivity (Wildman–Crippen MR) is 114 cm³/mol. The maximum Gasteiger partial charge on any atom is 0.407 e. The van der Waals surface area contributed by atoms with Crippen molar-refractivity contribution >= 4 is 33.7 Å².